The molecular weight excluding hydrogens is 516 g/mol. The van der Waals surface area contributed by atoms with Gasteiger partial charge in [-0.2, -0.15) is 5.10 Å². The second-order valence-electron chi connectivity index (χ2n) is 8.59. The van der Waals surface area contributed by atoms with Gasteiger partial charge < -0.3 is 9.73 Å². The van der Waals surface area contributed by atoms with E-state index in [2.05, 4.69) is 15.8 Å². The van der Waals surface area contributed by atoms with Gasteiger partial charge in [0.2, 0.25) is 0 Å². The third kappa shape index (κ3) is 6.65. The van der Waals surface area contributed by atoms with Gasteiger partial charge in [0.05, 0.1) is 32.6 Å². The predicted octanol–water partition coefficient (Wildman–Crippen LogP) is 3.88. The summed E-state index contributed by atoms with van der Waals surface area (Å²) in [7, 11) is 0. The molecule has 3 aromatic rings. The third-order valence-corrected chi connectivity index (χ3v) is 5.58. The van der Waals surface area contributed by atoms with E-state index >= 15 is 0 Å². The minimum Gasteiger partial charge on any atom is -0.455 e. The van der Waals surface area contributed by atoms with Crippen LogP contribution < -0.4 is 10.7 Å². The van der Waals surface area contributed by atoms with Crippen LogP contribution in [0.3, 0.4) is 0 Å². The zero-order valence-corrected chi connectivity index (χ0v) is 20.8. The first-order valence-corrected chi connectivity index (χ1v) is 11.3. The first-order chi connectivity index (χ1) is 18.4. The van der Waals surface area contributed by atoms with Gasteiger partial charge in [-0.1, -0.05) is 26.0 Å². The van der Waals surface area contributed by atoms with E-state index in [0.29, 0.717) is 16.9 Å². The normalized spacial score (nSPS) is 11.8. The maximum absolute atomic E-state index is 12.7. The zero-order valence-electron chi connectivity index (χ0n) is 20.8. The molecule has 0 aliphatic heterocycles. The highest BCUT2D eigenvalue weighted by Gasteiger charge is 2.27. The Hall–Kier alpha value is -5.47. The van der Waals surface area contributed by atoms with Crippen LogP contribution in [0.25, 0.3) is 11.3 Å². The summed E-state index contributed by atoms with van der Waals surface area (Å²) < 4.78 is 5.66. The highest BCUT2D eigenvalue weighted by atomic mass is 16.6. The molecule has 0 aliphatic carbocycles. The Morgan fingerprint density at radius 1 is 0.949 bits per heavy atom. The standard InChI is InChI=1S/C24H22N6O9/c1-13(2)22(26-23(31)15-9-16(28(33)34)11-17(10-15)29(35)36)24(32)27-25-12-18-7-8-21(39-18)19-5-4-6-20(14(19)3)30(37)38/h4-13,22H,1-3H3,(H,26,31)(H,27,32)/b25-12-/t22-/m0/s1. The molecule has 1 aromatic heterocycles. The quantitative estimate of drug-likeness (QED) is 0.217. The van der Waals surface area contributed by atoms with Crippen molar-refractivity contribution in [1.82, 2.24) is 10.7 Å². The summed E-state index contributed by atoms with van der Waals surface area (Å²) in [5.74, 6) is -1.53. The van der Waals surface area contributed by atoms with Gasteiger partial charge in [-0.3, -0.25) is 39.9 Å². The first kappa shape index (κ1) is 28.1. The molecule has 39 heavy (non-hydrogen) atoms. The number of nitrogens with zero attached hydrogens (tertiary/aromatic N) is 4. The van der Waals surface area contributed by atoms with Crippen LogP contribution in [0, 0.1) is 43.2 Å². The lowest BCUT2D eigenvalue weighted by Crippen LogP contribution is -2.48. The fraction of sp³-hybridized carbons (Fsp3) is 0.208. The van der Waals surface area contributed by atoms with Gasteiger partial charge in [-0.05, 0) is 25.0 Å². The Morgan fingerprint density at radius 3 is 2.15 bits per heavy atom. The van der Waals surface area contributed by atoms with E-state index in [-0.39, 0.29) is 17.0 Å². The maximum Gasteiger partial charge on any atom is 0.277 e. The molecule has 0 spiro atoms. The third-order valence-electron chi connectivity index (χ3n) is 5.58. The molecule has 0 saturated carbocycles. The molecule has 202 valence electrons. The Bertz CT molecular complexity index is 1460. The van der Waals surface area contributed by atoms with E-state index in [1.165, 1.54) is 18.3 Å². The molecule has 15 heteroatoms. The number of amides is 2. The van der Waals surface area contributed by atoms with E-state index in [1.54, 1.807) is 39.0 Å². The lowest BCUT2D eigenvalue weighted by Gasteiger charge is -2.20. The highest BCUT2D eigenvalue weighted by molar-refractivity contribution is 5.98. The monoisotopic (exact) mass is 538 g/mol. The minimum absolute atomic E-state index is 0.0622. The van der Waals surface area contributed by atoms with Crippen LogP contribution in [0.2, 0.25) is 0 Å². The predicted molar refractivity (Wildman–Crippen MR) is 137 cm³/mol. The summed E-state index contributed by atoms with van der Waals surface area (Å²) in [5.41, 5.74) is 1.46. The number of hydrazone groups is 1. The summed E-state index contributed by atoms with van der Waals surface area (Å²) >= 11 is 0. The Balaban J connectivity index is 1.72. The van der Waals surface area contributed by atoms with E-state index in [0.717, 1.165) is 18.2 Å². The largest absolute Gasteiger partial charge is 0.455 e. The number of carbonyl (C=O) groups excluding carboxylic acids is 2. The van der Waals surface area contributed by atoms with Gasteiger partial charge in [0.25, 0.3) is 28.9 Å². The minimum atomic E-state index is -1.15. The lowest BCUT2D eigenvalue weighted by molar-refractivity contribution is -0.394. The topological polar surface area (TPSA) is 213 Å². The molecule has 0 aliphatic rings. The molecule has 1 atom stereocenters. The Labute approximate surface area is 220 Å². The van der Waals surface area contributed by atoms with Crippen molar-refractivity contribution in [3.05, 3.63) is 95.8 Å². The molecule has 2 N–H and O–H groups in total. The molecular formula is C24H22N6O9. The van der Waals surface area contributed by atoms with Crippen LogP contribution in [0.15, 0.2) is 58.0 Å². The van der Waals surface area contributed by atoms with Crippen LogP contribution in [-0.2, 0) is 4.79 Å². The van der Waals surface area contributed by atoms with E-state index in [1.807, 2.05) is 0 Å². The molecule has 2 amide bonds. The highest BCUT2D eigenvalue weighted by Crippen LogP contribution is 2.30. The van der Waals surface area contributed by atoms with Crippen LogP contribution in [0.5, 0.6) is 0 Å². The van der Waals surface area contributed by atoms with Gasteiger partial charge in [-0.25, -0.2) is 5.43 Å². The van der Waals surface area contributed by atoms with Crippen molar-refractivity contribution in [3.63, 3.8) is 0 Å². The van der Waals surface area contributed by atoms with Crippen molar-refractivity contribution >= 4 is 35.1 Å². The molecule has 3 rings (SSSR count). The van der Waals surface area contributed by atoms with Crippen molar-refractivity contribution in [2.75, 3.05) is 0 Å². The van der Waals surface area contributed by atoms with Crippen LogP contribution in [0.1, 0.15) is 35.5 Å². The fourth-order valence-electron chi connectivity index (χ4n) is 3.58. The number of non-ortho nitro benzene ring substituents is 2. The summed E-state index contributed by atoms with van der Waals surface area (Å²) in [6.45, 7) is 4.85. The first-order valence-electron chi connectivity index (χ1n) is 11.3. The molecule has 0 radical (unpaired) electrons. The van der Waals surface area contributed by atoms with Crippen LogP contribution >= 0.6 is 0 Å². The van der Waals surface area contributed by atoms with E-state index in [9.17, 15) is 39.9 Å². The van der Waals surface area contributed by atoms with Gasteiger partial charge >= 0.3 is 0 Å². The number of benzene rings is 2. The smallest absolute Gasteiger partial charge is 0.277 e. The van der Waals surface area contributed by atoms with Crippen molar-refractivity contribution < 1.29 is 28.8 Å². The van der Waals surface area contributed by atoms with Gasteiger partial charge in [0.15, 0.2) is 0 Å². The van der Waals surface area contributed by atoms with Gasteiger partial charge in [0.1, 0.15) is 17.6 Å². The molecule has 0 unspecified atom stereocenters. The van der Waals surface area contributed by atoms with Crippen LogP contribution in [-0.4, -0.2) is 38.8 Å². The Kier molecular flexibility index (Phi) is 8.45. The Morgan fingerprint density at radius 2 is 1.59 bits per heavy atom. The molecule has 0 fully saturated rings. The van der Waals surface area contributed by atoms with E-state index in [4.69, 9.17) is 4.42 Å². The summed E-state index contributed by atoms with van der Waals surface area (Å²) in [5, 5.41) is 39.6. The second kappa shape index (κ2) is 11.7. The lowest BCUT2D eigenvalue weighted by atomic mass is 10.0. The number of furan rings is 1. The second-order valence-corrected chi connectivity index (χ2v) is 8.59. The molecule has 0 bridgehead atoms. The molecule has 15 nitrogen and oxygen atoms in total. The van der Waals surface area contributed by atoms with Gasteiger partial charge in [0, 0.05) is 29.3 Å². The van der Waals surface area contributed by atoms with Crippen LogP contribution in [0.4, 0.5) is 17.1 Å². The number of hydrogen-bond acceptors (Lipinski definition) is 10. The molecule has 2 aromatic carbocycles. The van der Waals surface area contributed by atoms with Crippen molar-refractivity contribution in [2.45, 2.75) is 26.8 Å². The van der Waals surface area contributed by atoms with E-state index < -0.39 is 49.9 Å². The molecule has 1 heterocycles. The number of nitro benzene ring substituents is 3. The zero-order chi connectivity index (χ0) is 28.9. The van der Waals surface area contributed by atoms with Crippen molar-refractivity contribution in [3.8, 4) is 11.3 Å². The summed E-state index contributed by atoms with van der Waals surface area (Å²) in [6, 6.07) is 9.01. The fourth-order valence-corrected chi connectivity index (χ4v) is 3.58. The van der Waals surface area contributed by atoms with Crippen molar-refractivity contribution in [2.24, 2.45) is 11.0 Å². The number of nitrogens with one attached hydrogen (secondary N) is 2. The number of rotatable bonds is 10. The van der Waals surface area contributed by atoms with Crippen molar-refractivity contribution in [1.29, 1.82) is 0 Å². The average molecular weight is 538 g/mol. The SMILES string of the molecule is Cc1c(-c2ccc(/C=N\NC(=O)[C@@H](NC(=O)c3cc([N+](=O)[O-])cc([N+](=O)[O-])c3)C(C)C)o2)cccc1[N+](=O)[O-]. The van der Waals surface area contributed by atoms with Gasteiger partial charge in [-0.15, -0.1) is 0 Å². The summed E-state index contributed by atoms with van der Waals surface area (Å²) in [6.07, 6.45) is 1.19. The molecule has 0 saturated heterocycles. The number of nitro groups is 3. The number of hydrogen-bond donors (Lipinski definition) is 2. The number of carbonyl (C=O) groups is 2. The maximum atomic E-state index is 12.7. The summed E-state index contributed by atoms with van der Waals surface area (Å²) in [4.78, 5) is 56.6. The average Bonchev–Trinajstić information content (AvgIpc) is 3.34.